The molecule has 0 radical (unpaired) electrons. The Hall–Kier alpha value is -3.99. The molecule has 0 saturated carbocycles. The molecule has 4 aromatic rings. The Morgan fingerprint density at radius 2 is 1.61 bits per heavy atom. The molecule has 0 fully saturated rings. The fourth-order valence-electron chi connectivity index (χ4n) is 3.35. The quantitative estimate of drug-likeness (QED) is 0.423. The van der Waals surface area contributed by atoms with Crippen molar-refractivity contribution in [3.63, 3.8) is 0 Å². The summed E-state index contributed by atoms with van der Waals surface area (Å²) in [5.74, 6) is 1.88. The summed E-state index contributed by atoms with van der Waals surface area (Å²) in [5, 5.41) is 5.16. The summed E-state index contributed by atoms with van der Waals surface area (Å²) in [4.78, 5) is 12.8. The molecule has 0 bridgehead atoms. The minimum Gasteiger partial charge on any atom is -0.497 e. The molecular formula is C26H23NO4. The van der Waals surface area contributed by atoms with Gasteiger partial charge < -0.3 is 19.5 Å². The molecule has 0 saturated heterocycles. The minimum atomic E-state index is -0.220. The van der Waals surface area contributed by atoms with E-state index in [0.29, 0.717) is 22.7 Å². The van der Waals surface area contributed by atoms with Crippen LogP contribution in [0.15, 0.2) is 84.9 Å². The van der Waals surface area contributed by atoms with Crippen LogP contribution in [-0.2, 0) is 6.61 Å². The number of benzene rings is 4. The summed E-state index contributed by atoms with van der Waals surface area (Å²) >= 11 is 0. The Labute approximate surface area is 181 Å². The van der Waals surface area contributed by atoms with Crippen LogP contribution in [0, 0.1) is 0 Å². The normalized spacial score (nSPS) is 10.5. The summed E-state index contributed by atoms with van der Waals surface area (Å²) in [6, 6.07) is 26.6. The first-order valence-electron chi connectivity index (χ1n) is 9.90. The van der Waals surface area contributed by atoms with Gasteiger partial charge in [-0.05, 0) is 53.2 Å². The summed E-state index contributed by atoms with van der Waals surface area (Å²) in [6.45, 7) is 0.280. The average molecular weight is 413 g/mol. The smallest absolute Gasteiger partial charge is 0.255 e. The minimum absolute atomic E-state index is 0.220. The molecule has 156 valence electrons. The number of carbonyl (C=O) groups excluding carboxylic acids is 1. The number of hydrogen-bond acceptors (Lipinski definition) is 4. The van der Waals surface area contributed by atoms with Crippen LogP contribution in [0.1, 0.15) is 15.9 Å². The highest BCUT2D eigenvalue weighted by Gasteiger charge is 2.12. The van der Waals surface area contributed by atoms with Gasteiger partial charge in [0, 0.05) is 22.9 Å². The van der Waals surface area contributed by atoms with Crippen molar-refractivity contribution in [1.29, 1.82) is 0 Å². The molecule has 4 rings (SSSR count). The SMILES string of the molecule is COc1cccc(NC(=O)c2ccc(OC)c(COc3ccc4ccccc4c3)c2)c1. The maximum Gasteiger partial charge on any atom is 0.255 e. The van der Waals surface area contributed by atoms with Crippen molar-refractivity contribution in [2.45, 2.75) is 6.61 Å². The van der Waals surface area contributed by atoms with E-state index in [1.54, 1.807) is 38.5 Å². The molecule has 0 aliphatic rings. The Morgan fingerprint density at radius 3 is 2.42 bits per heavy atom. The molecule has 0 heterocycles. The molecule has 0 aliphatic heterocycles. The Balaban J connectivity index is 1.51. The highest BCUT2D eigenvalue weighted by molar-refractivity contribution is 6.04. The zero-order valence-corrected chi connectivity index (χ0v) is 17.4. The van der Waals surface area contributed by atoms with Crippen molar-refractivity contribution in [2.24, 2.45) is 0 Å². The van der Waals surface area contributed by atoms with Crippen molar-refractivity contribution in [2.75, 3.05) is 19.5 Å². The van der Waals surface area contributed by atoms with Gasteiger partial charge in [-0.25, -0.2) is 0 Å². The highest BCUT2D eigenvalue weighted by Crippen LogP contribution is 2.25. The highest BCUT2D eigenvalue weighted by atomic mass is 16.5. The van der Waals surface area contributed by atoms with Crippen LogP contribution < -0.4 is 19.5 Å². The fourth-order valence-corrected chi connectivity index (χ4v) is 3.35. The summed E-state index contributed by atoms with van der Waals surface area (Å²) < 4.78 is 16.7. The maximum atomic E-state index is 12.8. The van der Waals surface area contributed by atoms with Crippen molar-refractivity contribution < 1.29 is 19.0 Å². The van der Waals surface area contributed by atoms with Crippen molar-refractivity contribution in [1.82, 2.24) is 0 Å². The summed E-state index contributed by atoms with van der Waals surface area (Å²) in [6.07, 6.45) is 0. The van der Waals surface area contributed by atoms with E-state index in [-0.39, 0.29) is 12.5 Å². The first-order chi connectivity index (χ1) is 15.2. The summed E-state index contributed by atoms with van der Waals surface area (Å²) in [7, 11) is 3.19. The van der Waals surface area contributed by atoms with Gasteiger partial charge in [0.25, 0.3) is 5.91 Å². The fraction of sp³-hybridized carbons (Fsp3) is 0.115. The number of hydrogen-bond donors (Lipinski definition) is 1. The Morgan fingerprint density at radius 1 is 0.774 bits per heavy atom. The molecule has 0 unspecified atom stereocenters. The number of fused-ring (bicyclic) bond motifs is 1. The van der Waals surface area contributed by atoms with Crippen LogP contribution in [0.2, 0.25) is 0 Å². The van der Waals surface area contributed by atoms with E-state index in [0.717, 1.165) is 22.1 Å². The number of carbonyl (C=O) groups is 1. The molecule has 0 aromatic heterocycles. The maximum absolute atomic E-state index is 12.8. The third-order valence-corrected chi connectivity index (χ3v) is 4.99. The van der Waals surface area contributed by atoms with Gasteiger partial charge in [0.05, 0.1) is 14.2 Å². The predicted octanol–water partition coefficient (Wildman–Crippen LogP) is 5.69. The van der Waals surface area contributed by atoms with Gasteiger partial charge in [0.2, 0.25) is 0 Å². The van der Waals surface area contributed by atoms with E-state index in [9.17, 15) is 4.79 Å². The van der Waals surface area contributed by atoms with E-state index >= 15 is 0 Å². The van der Waals surface area contributed by atoms with E-state index in [2.05, 4.69) is 11.4 Å². The monoisotopic (exact) mass is 413 g/mol. The lowest BCUT2D eigenvalue weighted by molar-refractivity contribution is 0.102. The number of rotatable bonds is 7. The number of amides is 1. The number of nitrogens with one attached hydrogen (secondary N) is 1. The van der Waals surface area contributed by atoms with E-state index in [4.69, 9.17) is 14.2 Å². The lowest BCUT2D eigenvalue weighted by Crippen LogP contribution is -2.13. The molecule has 31 heavy (non-hydrogen) atoms. The van der Waals surface area contributed by atoms with Crippen molar-refractivity contribution in [3.8, 4) is 17.2 Å². The second kappa shape index (κ2) is 9.22. The molecule has 5 nitrogen and oxygen atoms in total. The number of methoxy groups -OCH3 is 2. The third kappa shape index (κ3) is 4.78. The summed E-state index contributed by atoms with van der Waals surface area (Å²) in [5.41, 5.74) is 1.96. The van der Waals surface area contributed by atoms with Crippen molar-refractivity contribution >= 4 is 22.4 Å². The molecule has 1 N–H and O–H groups in total. The average Bonchev–Trinajstić information content (AvgIpc) is 2.82. The molecule has 5 heteroatoms. The van der Waals surface area contributed by atoms with Crippen LogP contribution in [0.5, 0.6) is 17.2 Å². The van der Waals surface area contributed by atoms with Gasteiger partial charge in [0.1, 0.15) is 23.9 Å². The number of ether oxygens (including phenoxy) is 3. The second-order valence-electron chi connectivity index (χ2n) is 7.01. The second-order valence-corrected chi connectivity index (χ2v) is 7.01. The molecule has 0 atom stereocenters. The topological polar surface area (TPSA) is 56.8 Å². The van der Waals surface area contributed by atoms with E-state index in [1.807, 2.05) is 54.6 Å². The zero-order valence-electron chi connectivity index (χ0n) is 17.4. The largest absolute Gasteiger partial charge is 0.497 e. The first kappa shape index (κ1) is 20.3. The third-order valence-electron chi connectivity index (χ3n) is 4.99. The van der Waals surface area contributed by atoms with E-state index in [1.165, 1.54) is 0 Å². The van der Waals surface area contributed by atoms with Crippen molar-refractivity contribution in [3.05, 3.63) is 96.1 Å². The molecule has 4 aromatic carbocycles. The lowest BCUT2D eigenvalue weighted by atomic mass is 10.1. The predicted molar refractivity (Wildman–Crippen MR) is 122 cm³/mol. The van der Waals surface area contributed by atoms with Gasteiger partial charge >= 0.3 is 0 Å². The Kier molecular flexibility index (Phi) is 6.03. The van der Waals surface area contributed by atoms with Crippen LogP contribution in [0.3, 0.4) is 0 Å². The van der Waals surface area contributed by atoms with Crippen LogP contribution in [-0.4, -0.2) is 20.1 Å². The van der Waals surface area contributed by atoms with Gasteiger partial charge in [-0.2, -0.15) is 0 Å². The van der Waals surface area contributed by atoms with Gasteiger partial charge in [-0.1, -0.05) is 36.4 Å². The zero-order chi connectivity index (χ0) is 21.6. The van der Waals surface area contributed by atoms with Gasteiger partial charge in [0.15, 0.2) is 0 Å². The standard InChI is InChI=1S/C26H23NO4/c1-29-23-9-5-8-22(16-23)27-26(28)20-11-13-25(30-2)21(14-20)17-31-24-12-10-18-6-3-4-7-19(18)15-24/h3-16H,17H2,1-2H3,(H,27,28). The molecular weight excluding hydrogens is 390 g/mol. The molecule has 0 spiro atoms. The molecule has 1 amide bonds. The van der Waals surface area contributed by atoms with Crippen LogP contribution >= 0.6 is 0 Å². The van der Waals surface area contributed by atoms with E-state index < -0.39 is 0 Å². The number of anilines is 1. The van der Waals surface area contributed by atoms with Gasteiger partial charge in [-0.15, -0.1) is 0 Å². The lowest BCUT2D eigenvalue weighted by Gasteiger charge is -2.13. The van der Waals surface area contributed by atoms with Gasteiger partial charge in [-0.3, -0.25) is 4.79 Å². The molecule has 0 aliphatic carbocycles. The Bertz CT molecular complexity index is 1220. The van der Waals surface area contributed by atoms with Crippen LogP contribution in [0.4, 0.5) is 5.69 Å². The first-order valence-corrected chi connectivity index (χ1v) is 9.90. The van der Waals surface area contributed by atoms with Crippen LogP contribution in [0.25, 0.3) is 10.8 Å².